The SMILES string of the molecule is CN(CCCC(=O)O)C(=O)C1CCSC1. The molecule has 0 radical (unpaired) electrons. The highest BCUT2D eigenvalue weighted by molar-refractivity contribution is 7.99. The van der Waals surface area contributed by atoms with Crippen molar-refractivity contribution in [3.63, 3.8) is 0 Å². The quantitative estimate of drug-likeness (QED) is 0.768. The fraction of sp³-hybridized carbons (Fsp3) is 0.800. The van der Waals surface area contributed by atoms with Gasteiger partial charge in [0.2, 0.25) is 5.91 Å². The largest absolute Gasteiger partial charge is 0.481 e. The van der Waals surface area contributed by atoms with Gasteiger partial charge in [0.05, 0.1) is 0 Å². The number of thioether (sulfide) groups is 1. The third-order valence-corrected chi connectivity index (χ3v) is 3.70. The average Bonchev–Trinajstić information content (AvgIpc) is 2.68. The van der Waals surface area contributed by atoms with Crippen LogP contribution in [-0.4, -0.2) is 47.0 Å². The Kier molecular flexibility index (Phi) is 4.94. The molecular formula is C10H17NO3S. The van der Waals surface area contributed by atoms with Gasteiger partial charge in [-0.1, -0.05) is 0 Å². The molecule has 1 rings (SSSR count). The van der Waals surface area contributed by atoms with E-state index in [9.17, 15) is 9.59 Å². The third kappa shape index (κ3) is 4.11. The summed E-state index contributed by atoms with van der Waals surface area (Å²) >= 11 is 1.82. The van der Waals surface area contributed by atoms with Crippen LogP contribution in [-0.2, 0) is 9.59 Å². The highest BCUT2D eigenvalue weighted by atomic mass is 32.2. The molecule has 1 fully saturated rings. The van der Waals surface area contributed by atoms with E-state index in [0.717, 1.165) is 17.9 Å². The minimum atomic E-state index is -0.799. The number of hydrogen-bond acceptors (Lipinski definition) is 3. The number of amides is 1. The number of rotatable bonds is 5. The number of carbonyl (C=O) groups is 2. The summed E-state index contributed by atoms with van der Waals surface area (Å²) in [7, 11) is 1.76. The molecule has 1 N–H and O–H groups in total. The molecule has 1 atom stereocenters. The summed E-state index contributed by atoms with van der Waals surface area (Å²) in [4.78, 5) is 23.8. The maximum atomic E-state index is 11.8. The molecule has 0 aromatic carbocycles. The summed E-state index contributed by atoms with van der Waals surface area (Å²) < 4.78 is 0. The molecule has 5 heteroatoms. The van der Waals surface area contributed by atoms with Gasteiger partial charge in [0.25, 0.3) is 0 Å². The molecule has 1 saturated heterocycles. The van der Waals surface area contributed by atoms with Gasteiger partial charge < -0.3 is 10.0 Å². The van der Waals surface area contributed by atoms with E-state index in [1.807, 2.05) is 11.8 Å². The summed E-state index contributed by atoms with van der Waals surface area (Å²) in [6.45, 7) is 0.548. The molecule has 1 heterocycles. The summed E-state index contributed by atoms with van der Waals surface area (Å²) in [5.41, 5.74) is 0. The molecule has 0 aromatic rings. The Morgan fingerprint density at radius 2 is 2.27 bits per heavy atom. The Morgan fingerprint density at radius 3 is 2.80 bits per heavy atom. The first-order chi connectivity index (χ1) is 7.11. The lowest BCUT2D eigenvalue weighted by Crippen LogP contribution is -2.33. The third-order valence-electron chi connectivity index (χ3n) is 2.54. The van der Waals surface area contributed by atoms with Gasteiger partial charge in [-0.05, 0) is 18.6 Å². The predicted octanol–water partition coefficient (Wildman–Crippen LogP) is 1.06. The Hall–Kier alpha value is -0.710. The number of nitrogens with zero attached hydrogens (tertiary/aromatic N) is 1. The van der Waals surface area contributed by atoms with Crippen molar-refractivity contribution < 1.29 is 14.7 Å². The Balaban J connectivity index is 2.23. The normalized spacial score (nSPS) is 20.2. The van der Waals surface area contributed by atoms with Gasteiger partial charge in [-0.2, -0.15) is 11.8 Å². The summed E-state index contributed by atoms with van der Waals surface area (Å²) in [5, 5.41) is 8.47. The highest BCUT2D eigenvalue weighted by Gasteiger charge is 2.25. The molecular weight excluding hydrogens is 214 g/mol. The monoisotopic (exact) mass is 231 g/mol. The first-order valence-corrected chi connectivity index (χ1v) is 6.31. The highest BCUT2D eigenvalue weighted by Crippen LogP contribution is 2.24. The van der Waals surface area contributed by atoms with Gasteiger partial charge in [0.15, 0.2) is 0 Å². The minimum Gasteiger partial charge on any atom is -0.481 e. The van der Waals surface area contributed by atoms with Crippen LogP contribution in [0.1, 0.15) is 19.3 Å². The molecule has 4 nitrogen and oxygen atoms in total. The Bertz CT molecular complexity index is 239. The maximum Gasteiger partial charge on any atom is 0.303 e. The van der Waals surface area contributed by atoms with Crippen molar-refractivity contribution >= 4 is 23.6 Å². The number of carboxylic acid groups (broad SMARTS) is 1. The van der Waals surface area contributed by atoms with Crippen molar-refractivity contribution in [1.82, 2.24) is 4.90 Å². The number of carbonyl (C=O) groups excluding carboxylic acids is 1. The fourth-order valence-corrected chi connectivity index (χ4v) is 2.83. The molecule has 86 valence electrons. The predicted molar refractivity (Wildman–Crippen MR) is 59.9 cm³/mol. The van der Waals surface area contributed by atoms with E-state index < -0.39 is 5.97 Å². The van der Waals surface area contributed by atoms with Crippen molar-refractivity contribution in [2.45, 2.75) is 19.3 Å². The van der Waals surface area contributed by atoms with E-state index in [1.165, 1.54) is 0 Å². The summed E-state index contributed by atoms with van der Waals surface area (Å²) in [6, 6.07) is 0. The van der Waals surface area contributed by atoms with Gasteiger partial charge in [0, 0.05) is 31.7 Å². The molecule has 15 heavy (non-hydrogen) atoms. The van der Waals surface area contributed by atoms with Gasteiger partial charge in [-0.25, -0.2) is 0 Å². The average molecular weight is 231 g/mol. The molecule has 0 bridgehead atoms. The lowest BCUT2D eigenvalue weighted by molar-refractivity contribution is -0.138. The first-order valence-electron chi connectivity index (χ1n) is 5.15. The summed E-state index contributed by atoms with van der Waals surface area (Å²) in [6.07, 6.45) is 1.64. The number of aliphatic carboxylic acids is 1. The van der Waals surface area contributed by atoms with Gasteiger partial charge in [-0.3, -0.25) is 9.59 Å². The standard InChI is InChI=1S/C10H17NO3S/c1-11(5-2-3-9(12)13)10(14)8-4-6-15-7-8/h8H,2-7H2,1H3,(H,12,13). The van der Waals surface area contributed by atoms with Crippen molar-refractivity contribution in [3.8, 4) is 0 Å². The van der Waals surface area contributed by atoms with Crippen LogP contribution in [0.2, 0.25) is 0 Å². The Labute approximate surface area is 94.0 Å². The zero-order valence-corrected chi connectivity index (χ0v) is 9.76. The molecule has 1 amide bonds. The molecule has 0 saturated carbocycles. The van der Waals surface area contributed by atoms with Crippen LogP contribution < -0.4 is 0 Å². The Morgan fingerprint density at radius 1 is 1.53 bits per heavy atom. The second-order valence-corrected chi connectivity index (χ2v) is 4.97. The van der Waals surface area contributed by atoms with Crippen LogP contribution >= 0.6 is 11.8 Å². The van der Waals surface area contributed by atoms with E-state index in [4.69, 9.17) is 5.11 Å². The van der Waals surface area contributed by atoms with E-state index in [0.29, 0.717) is 13.0 Å². The lowest BCUT2D eigenvalue weighted by Gasteiger charge is -2.20. The minimum absolute atomic E-state index is 0.136. The number of hydrogen-bond donors (Lipinski definition) is 1. The van der Waals surface area contributed by atoms with E-state index in [-0.39, 0.29) is 18.2 Å². The smallest absolute Gasteiger partial charge is 0.303 e. The maximum absolute atomic E-state index is 11.8. The van der Waals surface area contributed by atoms with E-state index in [1.54, 1.807) is 11.9 Å². The molecule has 1 unspecified atom stereocenters. The van der Waals surface area contributed by atoms with Crippen molar-refractivity contribution in [3.05, 3.63) is 0 Å². The van der Waals surface area contributed by atoms with Crippen LogP contribution in [0.4, 0.5) is 0 Å². The van der Waals surface area contributed by atoms with Crippen molar-refractivity contribution in [2.75, 3.05) is 25.1 Å². The molecule has 1 aliphatic rings. The topological polar surface area (TPSA) is 57.6 Å². The van der Waals surface area contributed by atoms with Crippen molar-refractivity contribution in [2.24, 2.45) is 5.92 Å². The van der Waals surface area contributed by atoms with Crippen LogP contribution in [0.5, 0.6) is 0 Å². The van der Waals surface area contributed by atoms with Crippen LogP contribution in [0.25, 0.3) is 0 Å². The van der Waals surface area contributed by atoms with Crippen LogP contribution in [0, 0.1) is 5.92 Å². The second-order valence-electron chi connectivity index (χ2n) is 3.82. The molecule has 0 spiro atoms. The fourth-order valence-electron chi connectivity index (χ4n) is 1.62. The molecule has 1 aliphatic heterocycles. The molecule has 0 aliphatic carbocycles. The zero-order valence-electron chi connectivity index (χ0n) is 8.94. The second kappa shape index (κ2) is 6.00. The zero-order chi connectivity index (χ0) is 11.3. The summed E-state index contributed by atoms with van der Waals surface area (Å²) in [5.74, 6) is 1.52. The van der Waals surface area contributed by atoms with Gasteiger partial charge >= 0.3 is 5.97 Å². The van der Waals surface area contributed by atoms with Gasteiger partial charge in [0.1, 0.15) is 0 Å². The van der Waals surface area contributed by atoms with Crippen LogP contribution in [0.15, 0.2) is 0 Å². The van der Waals surface area contributed by atoms with E-state index in [2.05, 4.69) is 0 Å². The van der Waals surface area contributed by atoms with Crippen LogP contribution in [0.3, 0.4) is 0 Å². The number of carboxylic acids is 1. The van der Waals surface area contributed by atoms with E-state index >= 15 is 0 Å². The lowest BCUT2D eigenvalue weighted by atomic mass is 10.1. The van der Waals surface area contributed by atoms with Gasteiger partial charge in [-0.15, -0.1) is 0 Å². The molecule has 0 aromatic heterocycles. The first kappa shape index (κ1) is 12.4. The van der Waals surface area contributed by atoms with Crippen molar-refractivity contribution in [1.29, 1.82) is 0 Å².